The van der Waals surface area contributed by atoms with Crippen LogP contribution in [0.3, 0.4) is 0 Å². The SMILES string of the molecule is CC(C)C(=O)[C@H](CCC(N)=O)NC(=O)Cc1ccccc1. The summed E-state index contributed by atoms with van der Waals surface area (Å²) in [6.45, 7) is 3.53. The van der Waals surface area contributed by atoms with Crippen molar-refractivity contribution in [1.82, 2.24) is 5.32 Å². The van der Waals surface area contributed by atoms with Gasteiger partial charge in [-0.2, -0.15) is 0 Å². The molecule has 0 heterocycles. The molecule has 0 bridgehead atoms. The van der Waals surface area contributed by atoms with Crippen LogP contribution >= 0.6 is 0 Å². The fraction of sp³-hybridized carbons (Fsp3) is 0.438. The number of Topliss-reactive ketones (excluding diaryl/α,β-unsaturated/α-hetero) is 1. The van der Waals surface area contributed by atoms with Crippen LogP contribution in [0.25, 0.3) is 0 Å². The molecule has 114 valence electrons. The first-order chi connectivity index (χ1) is 9.90. The van der Waals surface area contributed by atoms with Gasteiger partial charge in [-0.15, -0.1) is 0 Å². The van der Waals surface area contributed by atoms with Crippen molar-refractivity contribution in [1.29, 1.82) is 0 Å². The fourth-order valence-corrected chi connectivity index (χ4v) is 2.00. The van der Waals surface area contributed by atoms with Crippen LogP contribution in [-0.4, -0.2) is 23.6 Å². The number of benzene rings is 1. The first-order valence-corrected chi connectivity index (χ1v) is 7.05. The van der Waals surface area contributed by atoms with Crippen LogP contribution in [0.4, 0.5) is 0 Å². The lowest BCUT2D eigenvalue weighted by Gasteiger charge is -2.19. The minimum atomic E-state index is -0.659. The van der Waals surface area contributed by atoms with Crippen LogP contribution in [0.15, 0.2) is 30.3 Å². The quantitative estimate of drug-likeness (QED) is 0.754. The van der Waals surface area contributed by atoms with E-state index in [1.54, 1.807) is 13.8 Å². The van der Waals surface area contributed by atoms with E-state index in [1.807, 2.05) is 30.3 Å². The van der Waals surface area contributed by atoms with Gasteiger partial charge >= 0.3 is 0 Å². The monoisotopic (exact) mass is 290 g/mol. The summed E-state index contributed by atoms with van der Waals surface area (Å²) in [5.41, 5.74) is 5.98. The summed E-state index contributed by atoms with van der Waals surface area (Å²) in [4.78, 5) is 35.0. The zero-order chi connectivity index (χ0) is 15.8. The second-order valence-corrected chi connectivity index (χ2v) is 5.34. The van der Waals surface area contributed by atoms with E-state index in [0.717, 1.165) is 5.56 Å². The van der Waals surface area contributed by atoms with Gasteiger partial charge in [0, 0.05) is 12.3 Å². The summed E-state index contributed by atoms with van der Waals surface area (Å²) < 4.78 is 0. The predicted molar refractivity (Wildman–Crippen MR) is 80.4 cm³/mol. The summed E-state index contributed by atoms with van der Waals surface area (Å²) in [6, 6.07) is 8.62. The van der Waals surface area contributed by atoms with Crippen LogP contribution in [0.2, 0.25) is 0 Å². The third kappa shape index (κ3) is 6.21. The molecular weight excluding hydrogens is 268 g/mol. The van der Waals surface area contributed by atoms with Gasteiger partial charge in [-0.1, -0.05) is 44.2 Å². The molecule has 5 nitrogen and oxygen atoms in total. The average Bonchev–Trinajstić information content (AvgIpc) is 2.43. The molecule has 1 atom stereocenters. The highest BCUT2D eigenvalue weighted by Crippen LogP contribution is 2.07. The van der Waals surface area contributed by atoms with Crippen LogP contribution in [-0.2, 0) is 20.8 Å². The topological polar surface area (TPSA) is 89.3 Å². The van der Waals surface area contributed by atoms with E-state index < -0.39 is 11.9 Å². The molecule has 0 saturated heterocycles. The fourth-order valence-electron chi connectivity index (χ4n) is 2.00. The summed E-state index contributed by atoms with van der Waals surface area (Å²) >= 11 is 0. The minimum absolute atomic E-state index is 0.0781. The summed E-state index contributed by atoms with van der Waals surface area (Å²) in [5, 5.41) is 2.71. The highest BCUT2D eigenvalue weighted by molar-refractivity contribution is 5.91. The molecule has 0 fully saturated rings. The largest absolute Gasteiger partial charge is 0.370 e. The zero-order valence-corrected chi connectivity index (χ0v) is 12.5. The second kappa shape index (κ2) is 8.19. The number of ketones is 1. The summed E-state index contributed by atoms with van der Waals surface area (Å²) in [7, 11) is 0. The van der Waals surface area contributed by atoms with Gasteiger partial charge in [0.25, 0.3) is 0 Å². The molecule has 0 aliphatic carbocycles. The number of carbonyl (C=O) groups excluding carboxylic acids is 3. The number of carbonyl (C=O) groups is 3. The molecule has 0 unspecified atom stereocenters. The van der Waals surface area contributed by atoms with Crippen LogP contribution in [0.5, 0.6) is 0 Å². The molecule has 1 rings (SSSR count). The molecule has 1 aromatic rings. The molecule has 0 aromatic heterocycles. The van der Waals surface area contributed by atoms with Crippen LogP contribution < -0.4 is 11.1 Å². The number of hydrogen-bond donors (Lipinski definition) is 2. The van der Waals surface area contributed by atoms with Crippen molar-refractivity contribution in [3.05, 3.63) is 35.9 Å². The Morgan fingerprint density at radius 3 is 2.29 bits per heavy atom. The van der Waals surface area contributed by atoms with Gasteiger partial charge < -0.3 is 11.1 Å². The van der Waals surface area contributed by atoms with E-state index in [9.17, 15) is 14.4 Å². The minimum Gasteiger partial charge on any atom is -0.370 e. The van der Waals surface area contributed by atoms with E-state index in [4.69, 9.17) is 5.73 Å². The van der Waals surface area contributed by atoms with Crippen molar-refractivity contribution in [2.45, 2.75) is 39.2 Å². The van der Waals surface area contributed by atoms with Crippen molar-refractivity contribution in [2.24, 2.45) is 11.7 Å². The molecule has 0 saturated carbocycles. The Bertz CT molecular complexity index is 498. The number of amides is 2. The van der Waals surface area contributed by atoms with Gasteiger partial charge in [-0.3, -0.25) is 14.4 Å². The van der Waals surface area contributed by atoms with Gasteiger partial charge in [0.2, 0.25) is 11.8 Å². The highest BCUT2D eigenvalue weighted by Gasteiger charge is 2.23. The maximum atomic E-state index is 12.1. The molecule has 3 N–H and O–H groups in total. The van der Waals surface area contributed by atoms with Crippen molar-refractivity contribution < 1.29 is 14.4 Å². The third-order valence-corrected chi connectivity index (χ3v) is 3.13. The standard InChI is InChI=1S/C16H22N2O3/c1-11(2)16(21)13(8-9-14(17)19)18-15(20)10-12-6-4-3-5-7-12/h3-7,11,13H,8-10H2,1-2H3,(H2,17,19)(H,18,20)/t13-/m0/s1. The Labute approximate surface area is 124 Å². The Morgan fingerprint density at radius 1 is 1.14 bits per heavy atom. The van der Waals surface area contributed by atoms with E-state index in [0.29, 0.717) is 0 Å². The van der Waals surface area contributed by atoms with Crippen molar-refractivity contribution in [2.75, 3.05) is 0 Å². The second-order valence-electron chi connectivity index (χ2n) is 5.34. The molecular formula is C16H22N2O3. The molecule has 0 radical (unpaired) electrons. The maximum Gasteiger partial charge on any atom is 0.224 e. The lowest BCUT2D eigenvalue weighted by atomic mass is 9.97. The van der Waals surface area contributed by atoms with E-state index in [2.05, 4.69) is 5.32 Å². The van der Waals surface area contributed by atoms with E-state index in [-0.39, 0.29) is 36.9 Å². The number of nitrogens with two attached hydrogens (primary N) is 1. The number of nitrogens with one attached hydrogen (secondary N) is 1. The van der Waals surface area contributed by atoms with Gasteiger partial charge in [-0.05, 0) is 12.0 Å². The van der Waals surface area contributed by atoms with Crippen LogP contribution in [0.1, 0.15) is 32.3 Å². The average molecular weight is 290 g/mol. The lowest BCUT2D eigenvalue weighted by Crippen LogP contribution is -2.43. The number of primary amides is 1. The van der Waals surface area contributed by atoms with Crippen molar-refractivity contribution >= 4 is 17.6 Å². The predicted octanol–water partition coefficient (Wildman–Crippen LogP) is 1.20. The van der Waals surface area contributed by atoms with Crippen molar-refractivity contribution in [3.8, 4) is 0 Å². The molecule has 0 spiro atoms. The van der Waals surface area contributed by atoms with Gasteiger partial charge in [0.15, 0.2) is 5.78 Å². The highest BCUT2D eigenvalue weighted by atomic mass is 16.2. The zero-order valence-electron chi connectivity index (χ0n) is 12.5. The number of rotatable bonds is 8. The Hall–Kier alpha value is -2.17. The van der Waals surface area contributed by atoms with E-state index >= 15 is 0 Å². The van der Waals surface area contributed by atoms with Gasteiger partial charge in [-0.25, -0.2) is 0 Å². The first-order valence-electron chi connectivity index (χ1n) is 7.05. The Morgan fingerprint density at radius 2 is 1.76 bits per heavy atom. The third-order valence-electron chi connectivity index (χ3n) is 3.13. The Balaban J connectivity index is 2.64. The van der Waals surface area contributed by atoms with E-state index in [1.165, 1.54) is 0 Å². The van der Waals surface area contributed by atoms with Crippen molar-refractivity contribution in [3.63, 3.8) is 0 Å². The summed E-state index contributed by atoms with van der Waals surface area (Å²) in [6.07, 6.45) is 0.529. The van der Waals surface area contributed by atoms with Gasteiger partial charge in [0.1, 0.15) is 0 Å². The maximum absolute atomic E-state index is 12.1. The number of hydrogen-bond acceptors (Lipinski definition) is 3. The molecule has 21 heavy (non-hydrogen) atoms. The molecule has 0 aliphatic heterocycles. The molecule has 5 heteroatoms. The van der Waals surface area contributed by atoms with Crippen LogP contribution in [0, 0.1) is 5.92 Å². The normalized spacial score (nSPS) is 12.0. The van der Waals surface area contributed by atoms with Gasteiger partial charge in [0.05, 0.1) is 12.5 Å². The first kappa shape index (κ1) is 16.9. The molecule has 2 amide bonds. The lowest BCUT2D eigenvalue weighted by molar-refractivity contribution is -0.129. The smallest absolute Gasteiger partial charge is 0.224 e. The summed E-state index contributed by atoms with van der Waals surface area (Å²) in [5.74, 6) is -1.00. The molecule has 0 aliphatic rings. The molecule has 1 aromatic carbocycles. The Kier molecular flexibility index (Phi) is 6.59.